The van der Waals surface area contributed by atoms with Crippen LogP contribution in [0.1, 0.15) is 39.2 Å². The van der Waals surface area contributed by atoms with Gasteiger partial charge in [0.2, 0.25) is 0 Å². The number of benzene rings is 1. The van der Waals surface area contributed by atoms with Gasteiger partial charge in [-0.15, -0.1) is 0 Å². The van der Waals surface area contributed by atoms with Gasteiger partial charge in [0, 0.05) is 25.3 Å². The topological polar surface area (TPSA) is 41.6 Å². The maximum absolute atomic E-state index is 12.0. The monoisotopic (exact) mass is 304 g/mol. The van der Waals surface area contributed by atoms with Crippen LogP contribution in [0.3, 0.4) is 0 Å². The zero-order valence-electron chi connectivity index (χ0n) is 14.2. The van der Waals surface area contributed by atoms with Crippen LogP contribution in [0.25, 0.3) is 0 Å². The van der Waals surface area contributed by atoms with E-state index in [-0.39, 0.29) is 6.09 Å². The van der Waals surface area contributed by atoms with Gasteiger partial charge in [-0.1, -0.05) is 17.7 Å². The molecule has 1 fully saturated rings. The van der Waals surface area contributed by atoms with Gasteiger partial charge in [0.05, 0.1) is 0 Å². The lowest BCUT2D eigenvalue weighted by Gasteiger charge is -2.33. The summed E-state index contributed by atoms with van der Waals surface area (Å²) >= 11 is 0. The van der Waals surface area contributed by atoms with E-state index < -0.39 is 5.60 Å². The molecule has 0 atom stereocenters. The first-order valence-corrected chi connectivity index (χ1v) is 8.12. The molecule has 1 aromatic rings. The third-order valence-electron chi connectivity index (χ3n) is 3.91. The van der Waals surface area contributed by atoms with Gasteiger partial charge in [-0.05, 0) is 58.6 Å². The number of anilines is 1. The summed E-state index contributed by atoms with van der Waals surface area (Å²) in [5.41, 5.74) is 2.03. The van der Waals surface area contributed by atoms with Crippen LogP contribution < -0.4 is 5.32 Å². The predicted molar refractivity (Wildman–Crippen MR) is 90.2 cm³/mol. The average Bonchev–Trinajstić information content (AvgIpc) is 2.45. The number of ether oxygens (including phenoxy) is 1. The summed E-state index contributed by atoms with van der Waals surface area (Å²) in [6.45, 7) is 10.3. The van der Waals surface area contributed by atoms with Crippen molar-refractivity contribution < 1.29 is 9.53 Å². The van der Waals surface area contributed by atoms with E-state index in [2.05, 4.69) is 36.5 Å². The number of hydrogen-bond acceptors (Lipinski definition) is 3. The Balaban J connectivity index is 1.73. The van der Waals surface area contributed by atoms with E-state index in [1.54, 1.807) is 0 Å². The molecule has 1 aliphatic rings. The second-order valence-corrected chi connectivity index (χ2v) is 7.16. The molecule has 1 aromatic carbocycles. The maximum atomic E-state index is 12.0. The zero-order valence-corrected chi connectivity index (χ0v) is 14.2. The number of nitrogens with zero attached hydrogens (tertiary/aromatic N) is 1. The minimum absolute atomic E-state index is 0.183. The van der Waals surface area contributed by atoms with E-state index in [1.165, 1.54) is 11.3 Å². The lowest BCUT2D eigenvalue weighted by Crippen LogP contribution is -2.42. The van der Waals surface area contributed by atoms with E-state index in [1.807, 2.05) is 25.7 Å². The van der Waals surface area contributed by atoms with Crippen LogP contribution in [0.2, 0.25) is 0 Å². The quantitative estimate of drug-likeness (QED) is 0.916. The second-order valence-electron chi connectivity index (χ2n) is 7.16. The first kappa shape index (κ1) is 16.7. The average molecular weight is 304 g/mol. The molecule has 4 nitrogen and oxygen atoms in total. The smallest absolute Gasteiger partial charge is 0.410 e. The lowest BCUT2D eigenvalue weighted by atomic mass is 9.97. The Morgan fingerprint density at radius 2 is 1.82 bits per heavy atom. The van der Waals surface area contributed by atoms with Gasteiger partial charge in [0.15, 0.2) is 0 Å². The number of nitrogens with one attached hydrogen (secondary N) is 1. The molecule has 0 unspecified atom stereocenters. The van der Waals surface area contributed by atoms with E-state index in [4.69, 9.17) is 4.74 Å². The van der Waals surface area contributed by atoms with E-state index in [0.29, 0.717) is 5.92 Å². The molecule has 4 heteroatoms. The third-order valence-corrected chi connectivity index (χ3v) is 3.91. The van der Waals surface area contributed by atoms with Crippen LogP contribution in [0.5, 0.6) is 0 Å². The Bertz CT molecular complexity index is 483. The highest BCUT2D eigenvalue weighted by Gasteiger charge is 2.26. The number of carbonyl (C=O) groups excluding carboxylic acids is 1. The fraction of sp³-hybridized carbons (Fsp3) is 0.611. The number of likely N-dealkylation sites (tertiary alicyclic amines) is 1. The Morgan fingerprint density at radius 3 is 2.36 bits per heavy atom. The minimum Gasteiger partial charge on any atom is -0.444 e. The Hall–Kier alpha value is -1.71. The maximum Gasteiger partial charge on any atom is 0.410 e. The van der Waals surface area contributed by atoms with Gasteiger partial charge in [-0.25, -0.2) is 4.79 Å². The van der Waals surface area contributed by atoms with E-state index in [9.17, 15) is 4.79 Å². The summed E-state index contributed by atoms with van der Waals surface area (Å²) in [4.78, 5) is 13.8. The standard InChI is InChI=1S/C18H28N2O2/c1-14-5-7-16(8-6-14)19-13-15-9-11-20(12-10-15)17(21)22-18(2,3)4/h5-8,15,19H,9-13H2,1-4H3. The van der Waals surface area contributed by atoms with Crippen molar-refractivity contribution in [2.75, 3.05) is 25.0 Å². The molecular weight excluding hydrogens is 276 g/mol. The molecule has 1 amide bonds. The van der Waals surface area contributed by atoms with Crippen molar-refractivity contribution in [3.05, 3.63) is 29.8 Å². The molecule has 0 spiro atoms. The Morgan fingerprint density at radius 1 is 1.23 bits per heavy atom. The summed E-state index contributed by atoms with van der Waals surface area (Å²) in [7, 11) is 0. The molecule has 0 aromatic heterocycles. The first-order chi connectivity index (χ1) is 10.3. The third kappa shape index (κ3) is 5.24. The van der Waals surface area contributed by atoms with Crippen molar-refractivity contribution in [1.29, 1.82) is 0 Å². The van der Waals surface area contributed by atoms with Crippen LogP contribution in [0, 0.1) is 12.8 Å². The minimum atomic E-state index is -0.416. The summed E-state index contributed by atoms with van der Waals surface area (Å²) in [6.07, 6.45) is 1.87. The van der Waals surface area contributed by atoms with E-state index in [0.717, 1.165) is 32.5 Å². The highest BCUT2D eigenvalue weighted by molar-refractivity contribution is 5.68. The van der Waals surface area contributed by atoms with Crippen LogP contribution >= 0.6 is 0 Å². The van der Waals surface area contributed by atoms with Crippen molar-refractivity contribution in [3.63, 3.8) is 0 Å². The number of piperidine rings is 1. The van der Waals surface area contributed by atoms with Gasteiger partial charge in [-0.3, -0.25) is 0 Å². The molecule has 2 rings (SSSR count). The number of rotatable bonds is 3. The number of aryl methyl sites for hydroxylation is 1. The number of carbonyl (C=O) groups is 1. The second kappa shape index (κ2) is 7.03. The summed E-state index contributed by atoms with van der Waals surface area (Å²) in [6, 6.07) is 8.47. The van der Waals surface area contributed by atoms with Gasteiger partial charge in [0.1, 0.15) is 5.60 Å². The number of amides is 1. The molecule has 1 aliphatic heterocycles. The Kier molecular flexibility index (Phi) is 5.33. The fourth-order valence-corrected chi connectivity index (χ4v) is 2.58. The molecule has 122 valence electrons. The Labute approximate surface area is 133 Å². The molecule has 1 N–H and O–H groups in total. The van der Waals surface area contributed by atoms with Gasteiger partial charge in [-0.2, -0.15) is 0 Å². The van der Waals surface area contributed by atoms with Gasteiger partial charge in [0.25, 0.3) is 0 Å². The molecule has 0 radical (unpaired) electrons. The molecular formula is C18H28N2O2. The van der Waals surface area contributed by atoms with Crippen molar-refractivity contribution in [1.82, 2.24) is 4.90 Å². The molecule has 0 saturated carbocycles. The summed E-state index contributed by atoms with van der Waals surface area (Å²) in [5.74, 6) is 0.611. The van der Waals surface area contributed by atoms with Crippen molar-refractivity contribution in [2.45, 2.75) is 46.1 Å². The van der Waals surface area contributed by atoms with Crippen LogP contribution in [-0.4, -0.2) is 36.2 Å². The zero-order chi connectivity index (χ0) is 16.2. The van der Waals surface area contributed by atoms with E-state index >= 15 is 0 Å². The fourth-order valence-electron chi connectivity index (χ4n) is 2.58. The van der Waals surface area contributed by atoms with Crippen molar-refractivity contribution in [2.24, 2.45) is 5.92 Å². The first-order valence-electron chi connectivity index (χ1n) is 8.12. The number of hydrogen-bond donors (Lipinski definition) is 1. The van der Waals surface area contributed by atoms with Crippen LogP contribution in [0.4, 0.5) is 10.5 Å². The van der Waals surface area contributed by atoms with Gasteiger partial charge >= 0.3 is 6.09 Å². The molecule has 22 heavy (non-hydrogen) atoms. The molecule has 1 saturated heterocycles. The normalized spacial score (nSPS) is 16.5. The van der Waals surface area contributed by atoms with Crippen molar-refractivity contribution in [3.8, 4) is 0 Å². The van der Waals surface area contributed by atoms with Crippen LogP contribution in [-0.2, 0) is 4.74 Å². The molecule has 0 aliphatic carbocycles. The highest BCUT2D eigenvalue weighted by atomic mass is 16.6. The van der Waals surface area contributed by atoms with Gasteiger partial charge < -0.3 is 15.0 Å². The molecule has 1 heterocycles. The largest absolute Gasteiger partial charge is 0.444 e. The van der Waals surface area contributed by atoms with Crippen molar-refractivity contribution >= 4 is 11.8 Å². The SMILES string of the molecule is Cc1ccc(NCC2CCN(C(=O)OC(C)(C)C)CC2)cc1. The highest BCUT2D eigenvalue weighted by Crippen LogP contribution is 2.20. The summed E-state index contributed by atoms with van der Waals surface area (Å²) in [5, 5.41) is 3.49. The van der Waals surface area contributed by atoms with Crippen LogP contribution in [0.15, 0.2) is 24.3 Å². The predicted octanol–water partition coefficient (Wildman–Crippen LogP) is 4.05. The molecule has 0 bridgehead atoms. The summed E-state index contributed by atoms with van der Waals surface area (Å²) < 4.78 is 5.42. The lowest BCUT2D eigenvalue weighted by molar-refractivity contribution is 0.0188.